The molecule has 2 aliphatic heterocycles. The second-order valence-electron chi connectivity index (χ2n) is 6.85. The van der Waals surface area contributed by atoms with Crippen molar-refractivity contribution >= 4 is 11.8 Å². The van der Waals surface area contributed by atoms with Crippen LogP contribution in [0.25, 0.3) is 0 Å². The fourth-order valence-corrected chi connectivity index (χ4v) is 3.83. The molecule has 1 N–H and O–H groups in total. The van der Waals surface area contributed by atoms with Crippen LogP contribution < -0.4 is 10.2 Å². The zero-order valence-electron chi connectivity index (χ0n) is 14.5. The molecule has 23 heavy (non-hydrogen) atoms. The van der Waals surface area contributed by atoms with E-state index in [-0.39, 0.29) is 0 Å². The number of aromatic nitrogens is 2. The molecule has 2 saturated heterocycles. The molecule has 0 saturated carbocycles. The molecule has 1 aromatic rings. The van der Waals surface area contributed by atoms with Gasteiger partial charge < -0.3 is 10.2 Å². The number of anilines is 2. The number of hydrogen-bond donors (Lipinski definition) is 1. The Hall–Kier alpha value is -1.36. The first-order chi connectivity index (χ1) is 11.4. The summed E-state index contributed by atoms with van der Waals surface area (Å²) in [4.78, 5) is 14.2. The molecule has 2 aliphatic rings. The molecular formula is C18H31N5. The van der Waals surface area contributed by atoms with Gasteiger partial charge in [-0.2, -0.15) is 4.98 Å². The van der Waals surface area contributed by atoms with E-state index >= 15 is 0 Å². The van der Waals surface area contributed by atoms with Gasteiger partial charge in [0.05, 0.1) is 0 Å². The van der Waals surface area contributed by atoms with Gasteiger partial charge in [-0.15, -0.1) is 0 Å². The van der Waals surface area contributed by atoms with Crippen LogP contribution in [-0.4, -0.2) is 53.6 Å². The van der Waals surface area contributed by atoms with Gasteiger partial charge in [0.25, 0.3) is 0 Å². The molecule has 5 nitrogen and oxygen atoms in total. The highest BCUT2D eigenvalue weighted by Crippen LogP contribution is 2.20. The minimum Gasteiger partial charge on any atom is -0.356 e. The van der Waals surface area contributed by atoms with Gasteiger partial charge in [-0.05, 0) is 51.3 Å². The molecule has 1 aromatic heterocycles. The molecule has 3 heterocycles. The highest BCUT2D eigenvalue weighted by Gasteiger charge is 2.23. The van der Waals surface area contributed by atoms with E-state index in [4.69, 9.17) is 4.98 Å². The number of likely N-dealkylation sites (tertiary alicyclic amines) is 1. The lowest BCUT2D eigenvalue weighted by Crippen LogP contribution is -2.35. The van der Waals surface area contributed by atoms with Gasteiger partial charge in [-0.3, -0.25) is 4.90 Å². The predicted octanol–water partition coefficient (Wildman–Crippen LogP) is 3.14. The molecule has 3 rings (SSSR count). The molecule has 0 aromatic carbocycles. The number of rotatable bonds is 6. The van der Waals surface area contributed by atoms with Crippen LogP contribution in [0, 0.1) is 0 Å². The van der Waals surface area contributed by atoms with E-state index in [0.717, 1.165) is 31.4 Å². The Bertz CT molecular complexity index is 470. The average molecular weight is 317 g/mol. The standard InChI is InChI=1S/C18H31N5/c1-2-11-22-14-7-8-16(22)15-20-18-19-10-9-17(21-18)23-12-5-3-4-6-13-23/h9-10,16H,2-8,11-15H2,1H3,(H,19,20,21). The molecular weight excluding hydrogens is 286 g/mol. The number of nitrogens with one attached hydrogen (secondary N) is 1. The molecule has 0 aliphatic carbocycles. The lowest BCUT2D eigenvalue weighted by molar-refractivity contribution is 0.263. The van der Waals surface area contributed by atoms with Crippen LogP contribution in [0.3, 0.4) is 0 Å². The van der Waals surface area contributed by atoms with Gasteiger partial charge in [-0.1, -0.05) is 19.8 Å². The molecule has 1 unspecified atom stereocenters. The third-order valence-electron chi connectivity index (χ3n) is 5.08. The normalized spacial score (nSPS) is 23.0. The van der Waals surface area contributed by atoms with Gasteiger partial charge in [0.15, 0.2) is 0 Å². The van der Waals surface area contributed by atoms with Crippen LogP contribution in [-0.2, 0) is 0 Å². The lowest BCUT2D eigenvalue weighted by atomic mass is 10.2. The molecule has 2 fully saturated rings. The van der Waals surface area contributed by atoms with Crippen molar-refractivity contribution < 1.29 is 0 Å². The van der Waals surface area contributed by atoms with Crippen molar-refractivity contribution in [2.75, 3.05) is 42.9 Å². The summed E-state index contributed by atoms with van der Waals surface area (Å²) in [6, 6.07) is 2.69. The zero-order chi connectivity index (χ0) is 15.9. The second-order valence-corrected chi connectivity index (χ2v) is 6.85. The highest BCUT2D eigenvalue weighted by atomic mass is 15.2. The van der Waals surface area contributed by atoms with E-state index < -0.39 is 0 Å². The van der Waals surface area contributed by atoms with Crippen molar-refractivity contribution in [3.8, 4) is 0 Å². The average Bonchev–Trinajstić information content (AvgIpc) is 2.84. The van der Waals surface area contributed by atoms with E-state index in [1.165, 1.54) is 58.0 Å². The number of hydrogen-bond acceptors (Lipinski definition) is 5. The van der Waals surface area contributed by atoms with Crippen LogP contribution in [0.15, 0.2) is 12.3 Å². The Kier molecular flexibility index (Phi) is 6.08. The van der Waals surface area contributed by atoms with Crippen LogP contribution in [0.4, 0.5) is 11.8 Å². The maximum absolute atomic E-state index is 4.76. The van der Waals surface area contributed by atoms with Gasteiger partial charge in [-0.25, -0.2) is 4.98 Å². The first-order valence-corrected chi connectivity index (χ1v) is 9.42. The van der Waals surface area contributed by atoms with Crippen LogP contribution in [0.2, 0.25) is 0 Å². The van der Waals surface area contributed by atoms with E-state index in [1.807, 2.05) is 6.20 Å². The Morgan fingerprint density at radius 2 is 1.96 bits per heavy atom. The Morgan fingerprint density at radius 3 is 2.74 bits per heavy atom. The zero-order valence-corrected chi connectivity index (χ0v) is 14.5. The quantitative estimate of drug-likeness (QED) is 0.873. The maximum Gasteiger partial charge on any atom is 0.224 e. The summed E-state index contributed by atoms with van der Waals surface area (Å²) < 4.78 is 0. The first kappa shape index (κ1) is 16.5. The highest BCUT2D eigenvalue weighted by molar-refractivity contribution is 5.42. The van der Waals surface area contributed by atoms with E-state index in [0.29, 0.717) is 6.04 Å². The molecule has 5 heteroatoms. The molecule has 0 amide bonds. The summed E-state index contributed by atoms with van der Waals surface area (Å²) in [6.07, 6.45) is 11.0. The first-order valence-electron chi connectivity index (χ1n) is 9.42. The van der Waals surface area contributed by atoms with Crippen molar-refractivity contribution in [1.82, 2.24) is 14.9 Å². The van der Waals surface area contributed by atoms with Crippen LogP contribution >= 0.6 is 0 Å². The van der Waals surface area contributed by atoms with Crippen molar-refractivity contribution in [1.29, 1.82) is 0 Å². The predicted molar refractivity (Wildman–Crippen MR) is 96.1 cm³/mol. The minimum absolute atomic E-state index is 0.639. The summed E-state index contributed by atoms with van der Waals surface area (Å²) in [5.74, 6) is 1.87. The summed E-state index contributed by atoms with van der Waals surface area (Å²) in [5, 5.41) is 3.48. The van der Waals surface area contributed by atoms with Crippen molar-refractivity contribution in [2.45, 2.75) is 57.9 Å². The summed E-state index contributed by atoms with van der Waals surface area (Å²) in [6.45, 7) is 7.93. The third-order valence-corrected chi connectivity index (χ3v) is 5.08. The van der Waals surface area contributed by atoms with Crippen LogP contribution in [0.5, 0.6) is 0 Å². The van der Waals surface area contributed by atoms with Gasteiger partial charge in [0.1, 0.15) is 5.82 Å². The summed E-state index contributed by atoms with van der Waals surface area (Å²) >= 11 is 0. The Morgan fingerprint density at radius 1 is 1.13 bits per heavy atom. The molecule has 128 valence electrons. The molecule has 0 bridgehead atoms. The minimum atomic E-state index is 0.639. The van der Waals surface area contributed by atoms with E-state index in [1.54, 1.807) is 0 Å². The summed E-state index contributed by atoms with van der Waals surface area (Å²) in [5.41, 5.74) is 0. The monoisotopic (exact) mass is 317 g/mol. The second kappa shape index (κ2) is 8.48. The van der Waals surface area contributed by atoms with Gasteiger partial charge in [0, 0.05) is 31.9 Å². The summed E-state index contributed by atoms with van der Waals surface area (Å²) in [7, 11) is 0. The van der Waals surface area contributed by atoms with Crippen molar-refractivity contribution in [3.63, 3.8) is 0 Å². The van der Waals surface area contributed by atoms with Gasteiger partial charge in [0.2, 0.25) is 5.95 Å². The Balaban J connectivity index is 1.57. The number of nitrogens with zero attached hydrogens (tertiary/aromatic N) is 4. The van der Waals surface area contributed by atoms with Crippen LogP contribution in [0.1, 0.15) is 51.9 Å². The van der Waals surface area contributed by atoms with E-state index in [2.05, 4.69) is 33.1 Å². The fourth-order valence-electron chi connectivity index (χ4n) is 3.83. The SMILES string of the molecule is CCCN1CCCC1CNc1nccc(N2CCCCCC2)n1. The molecule has 1 atom stereocenters. The van der Waals surface area contributed by atoms with Crippen molar-refractivity contribution in [2.24, 2.45) is 0 Å². The Labute approximate surface area is 140 Å². The maximum atomic E-state index is 4.76. The smallest absolute Gasteiger partial charge is 0.224 e. The third kappa shape index (κ3) is 4.56. The fraction of sp³-hybridized carbons (Fsp3) is 0.778. The topological polar surface area (TPSA) is 44.3 Å². The molecule has 0 radical (unpaired) electrons. The molecule has 0 spiro atoms. The largest absolute Gasteiger partial charge is 0.356 e. The van der Waals surface area contributed by atoms with Gasteiger partial charge >= 0.3 is 0 Å². The van der Waals surface area contributed by atoms with Crippen molar-refractivity contribution in [3.05, 3.63) is 12.3 Å². The van der Waals surface area contributed by atoms with E-state index in [9.17, 15) is 0 Å². The lowest BCUT2D eigenvalue weighted by Gasteiger charge is -2.24.